The smallest absolute Gasteiger partial charge is 0.0954 e. The lowest BCUT2D eigenvalue weighted by Gasteiger charge is -2.34. The summed E-state index contributed by atoms with van der Waals surface area (Å²) in [6.07, 6.45) is 4.46. The molecule has 1 atom stereocenters. The van der Waals surface area contributed by atoms with Gasteiger partial charge in [-0.2, -0.15) is 0 Å². The molecule has 0 saturated heterocycles. The molecule has 0 aliphatic heterocycles. The van der Waals surface area contributed by atoms with Gasteiger partial charge in [0.15, 0.2) is 0 Å². The SMILES string of the molecule is CCCNC1CC(C)(C)Cc2nc(CCOCC)sc21. The van der Waals surface area contributed by atoms with Crippen LogP contribution in [0.2, 0.25) is 0 Å². The van der Waals surface area contributed by atoms with E-state index in [9.17, 15) is 0 Å². The zero-order valence-corrected chi connectivity index (χ0v) is 14.1. The number of nitrogens with one attached hydrogen (secondary N) is 1. The number of rotatable bonds is 7. The van der Waals surface area contributed by atoms with Gasteiger partial charge in [-0.15, -0.1) is 11.3 Å². The Kier molecular flexibility index (Phi) is 5.58. The Morgan fingerprint density at radius 2 is 2.20 bits per heavy atom. The molecule has 3 nitrogen and oxygen atoms in total. The summed E-state index contributed by atoms with van der Waals surface area (Å²) in [4.78, 5) is 6.35. The third kappa shape index (κ3) is 4.03. The molecule has 114 valence electrons. The molecule has 0 bridgehead atoms. The minimum atomic E-state index is 0.351. The van der Waals surface area contributed by atoms with E-state index in [1.54, 1.807) is 0 Å². The van der Waals surface area contributed by atoms with Gasteiger partial charge in [0, 0.05) is 23.9 Å². The van der Waals surface area contributed by atoms with Crippen LogP contribution in [0.15, 0.2) is 0 Å². The minimum absolute atomic E-state index is 0.351. The molecule has 0 saturated carbocycles. The van der Waals surface area contributed by atoms with Crippen LogP contribution in [0.1, 0.15) is 62.2 Å². The van der Waals surface area contributed by atoms with Crippen LogP contribution >= 0.6 is 11.3 Å². The standard InChI is InChI=1S/C16H28N2OS/c1-5-8-17-12-10-16(3,4)11-13-15(12)20-14(18-13)7-9-19-6-2/h12,17H,5-11H2,1-4H3. The van der Waals surface area contributed by atoms with Crippen LogP contribution < -0.4 is 5.32 Å². The number of hydrogen-bond acceptors (Lipinski definition) is 4. The quantitative estimate of drug-likeness (QED) is 0.778. The molecule has 0 radical (unpaired) electrons. The largest absolute Gasteiger partial charge is 0.381 e. The Morgan fingerprint density at radius 1 is 1.40 bits per heavy atom. The summed E-state index contributed by atoms with van der Waals surface area (Å²) in [6.45, 7) is 11.7. The van der Waals surface area contributed by atoms with Crippen LogP contribution in [0.3, 0.4) is 0 Å². The first-order valence-electron chi connectivity index (χ1n) is 7.85. The second kappa shape index (κ2) is 7.01. The van der Waals surface area contributed by atoms with Crippen molar-refractivity contribution in [3.8, 4) is 0 Å². The van der Waals surface area contributed by atoms with Crippen LogP contribution in [0.25, 0.3) is 0 Å². The van der Waals surface area contributed by atoms with Crippen molar-refractivity contribution >= 4 is 11.3 Å². The van der Waals surface area contributed by atoms with Crippen molar-refractivity contribution < 1.29 is 4.74 Å². The summed E-state index contributed by atoms with van der Waals surface area (Å²) in [5.74, 6) is 0. The van der Waals surface area contributed by atoms with Crippen molar-refractivity contribution in [2.24, 2.45) is 5.41 Å². The van der Waals surface area contributed by atoms with E-state index in [2.05, 4.69) is 26.1 Å². The van der Waals surface area contributed by atoms with Gasteiger partial charge in [0.1, 0.15) is 0 Å². The summed E-state index contributed by atoms with van der Waals surface area (Å²) in [5.41, 5.74) is 1.68. The van der Waals surface area contributed by atoms with Crippen LogP contribution in [-0.4, -0.2) is 24.7 Å². The molecule has 1 aliphatic carbocycles. The predicted octanol–water partition coefficient (Wildman–Crippen LogP) is 3.74. The maximum atomic E-state index is 5.45. The van der Waals surface area contributed by atoms with E-state index >= 15 is 0 Å². The highest BCUT2D eigenvalue weighted by molar-refractivity contribution is 7.11. The van der Waals surface area contributed by atoms with E-state index in [0.717, 1.165) is 32.6 Å². The lowest BCUT2D eigenvalue weighted by Crippen LogP contribution is -2.33. The fraction of sp³-hybridized carbons (Fsp3) is 0.812. The molecule has 2 rings (SSSR count). The molecule has 1 aliphatic rings. The molecule has 20 heavy (non-hydrogen) atoms. The van der Waals surface area contributed by atoms with Gasteiger partial charge in [0.05, 0.1) is 17.3 Å². The van der Waals surface area contributed by atoms with Gasteiger partial charge in [0.25, 0.3) is 0 Å². The van der Waals surface area contributed by atoms with Crippen molar-refractivity contribution in [2.45, 2.75) is 59.4 Å². The molecular formula is C16H28N2OS. The van der Waals surface area contributed by atoms with E-state index in [0.29, 0.717) is 11.5 Å². The van der Waals surface area contributed by atoms with Crippen molar-refractivity contribution in [2.75, 3.05) is 19.8 Å². The van der Waals surface area contributed by atoms with Crippen molar-refractivity contribution in [3.05, 3.63) is 15.6 Å². The van der Waals surface area contributed by atoms with E-state index in [4.69, 9.17) is 9.72 Å². The first-order chi connectivity index (χ1) is 9.55. The summed E-state index contributed by atoms with van der Waals surface area (Å²) < 4.78 is 5.45. The van der Waals surface area contributed by atoms with E-state index in [1.165, 1.54) is 28.4 Å². The molecule has 0 spiro atoms. The minimum Gasteiger partial charge on any atom is -0.381 e. The lowest BCUT2D eigenvalue weighted by atomic mass is 9.76. The number of nitrogens with zero attached hydrogens (tertiary/aromatic N) is 1. The fourth-order valence-corrected chi connectivity index (χ4v) is 4.02. The van der Waals surface area contributed by atoms with E-state index in [-0.39, 0.29) is 0 Å². The van der Waals surface area contributed by atoms with Gasteiger partial charge in [-0.3, -0.25) is 0 Å². The zero-order valence-electron chi connectivity index (χ0n) is 13.3. The van der Waals surface area contributed by atoms with Gasteiger partial charge in [-0.1, -0.05) is 20.8 Å². The summed E-state index contributed by atoms with van der Waals surface area (Å²) >= 11 is 1.89. The maximum absolute atomic E-state index is 5.45. The third-order valence-corrected chi connectivity index (χ3v) is 5.07. The van der Waals surface area contributed by atoms with Crippen LogP contribution in [-0.2, 0) is 17.6 Å². The molecule has 1 N–H and O–H groups in total. The first kappa shape index (κ1) is 15.9. The van der Waals surface area contributed by atoms with Gasteiger partial charge in [0.2, 0.25) is 0 Å². The van der Waals surface area contributed by atoms with Crippen molar-refractivity contribution in [1.82, 2.24) is 10.3 Å². The Morgan fingerprint density at radius 3 is 2.90 bits per heavy atom. The second-order valence-electron chi connectivity index (χ2n) is 6.42. The first-order valence-corrected chi connectivity index (χ1v) is 8.67. The molecule has 4 heteroatoms. The van der Waals surface area contributed by atoms with Crippen molar-refractivity contribution in [3.63, 3.8) is 0 Å². The highest BCUT2D eigenvalue weighted by Crippen LogP contribution is 2.43. The normalized spacial score (nSPS) is 20.9. The predicted molar refractivity (Wildman–Crippen MR) is 85.4 cm³/mol. The van der Waals surface area contributed by atoms with Gasteiger partial charge < -0.3 is 10.1 Å². The zero-order chi connectivity index (χ0) is 14.6. The molecule has 0 aromatic carbocycles. The Bertz CT molecular complexity index is 428. The van der Waals surface area contributed by atoms with Gasteiger partial charge in [-0.05, 0) is 38.1 Å². The van der Waals surface area contributed by atoms with Crippen LogP contribution in [0.4, 0.5) is 0 Å². The Labute approximate surface area is 127 Å². The van der Waals surface area contributed by atoms with Crippen LogP contribution in [0.5, 0.6) is 0 Å². The molecule has 0 fully saturated rings. The fourth-order valence-electron chi connectivity index (χ4n) is 2.88. The van der Waals surface area contributed by atoms with Gasteiger partial charge >= 0.3 is 0 Å². The number of thiazole rings is 1. The van der Waals surface area contributed by atoms with Crippen LogP contribution in [0, 0.1) is 5.41 Å². The molecule has 1 unspecified atom stereocenters. The summed E-state index contributed by atoms with van der Waals surface area (Å²) in [6, 6.07) is 0.493. The Balaban J connectivity index is 2.11. The molecule has 0 amide bonds. The average molecular weight is 296 g/mol. The Hall–Kier alpha value is -0.450. The van der Waals surface area contributed by atoms with E-state index in [1.807, 2.05) is 18.3 Å². The topological polar surface area (TPSA) is 34.2 Å². The van der Waals surface area contributed by atoms with Gasteiger partial charge in [-0.25, -0.2) is 4.98 Å². The third-order valence-electron chi connectivity index (χ3n) is 3.80. The van der Waals surface area contributed by atoms with E-state index < -0.39 is 0 Å². The number of hydrogen-bond donors (Lipinski definition) is 1. The molecular weight excluding hydrogens is 268 g/mol. The molecule has 1 aromatic rings. The van der Waals surface area contributed by atoms with Crippen molar-refractivity contribution in [1.29, 1.82) is 0 Å². The summed E-state index contributed by atoms with van der Waals surface area (Å²) in [7, 11) is 0. The number of fused-ring (bicyclic) bond motifs is 1. The second-order valence-corrected chi connectivity index (χ2v) is 7.53. The molecule has 1 heterocycles. The lowest BCUT2D eigenvalue weighted by molar-refractivity contribution is 0.151. The molecule has 1 aromatic heterocycles. The highest BCUT2D eigenvalue weighted by Gasteiger charge is 2.34. The highest BCUT2D eigenvalue weighted by atomic mass is 32.1. The maximum Gasteiger partial charge on any atom is 0.0954 e. The number of aromatic nitrogens is 1. The summed E-state index contributed by atoms with van der Waals surface area (Å²) in [5, 5.41) is 4.94. The monoisotopic (exact) mass is 296 g/mol. The number of ether oxygens (including phenoxy) is 1. The average Bonchev–Trinajstić information content (AvgIpc) is 2.77.